The second-order valence-corrected chi connectivity index (χ2v) is 10.9. The molecule has 0 saturated carbocycles. The Bertz CT molecular complexity index is 1630. The number of nitrogens with zero attached hydrogens (tertiary/aromatic N) is 2. The molecule has 0 heterocycles. The molecule has 1 aliphatic carbocycles. The molecule has 2 aromatic carbocycles. The SMILES string of the molecule is CO/N=C(/C(=O)OC)C1=C(C(=O)c2cccc(Br)c2)CC(C)=C(C)C1.CO/N=C(\C#CC(=O)c1cccc(Br)c1)C(=O)OC. The van der Waals surface area contributed by atoms with Crippen molar-refractivity contribution in [2.45, 2.75) is 26.7 Å². The summed E-state index contributed by atoms with van der Waals surface area (Å²) in [4.78, 5) is 57.5. The van der Waals surface area contributed by atoms with Crippen LogP contribution in [0.5, 0.6) is 0 Å². The number of ether oxygens (including phenoxy) is 2. The number of rotatable bonds is 8. The van der Waals surface area contributed by atoms with Gasteiger partial charge < -0.3 is 19.1 Å². The fourth-order valence-corrected chi connectivity index (χ4v) is 4.61. The Morgan fingerprint density at radius 2 is 1.23 bits per heavy atom. The van der Waals surface area contributed by atoms with Crippen molar-refractivity contribution in [2.24, 2.45) is 10.3 Å². The number of benzene rings is 2. The van der Waals surface area contributed by atoms with Crippen molar-refractivity contribution < 1.29 is 38.3 Å². The van der Waals surface area contributed by atoms with Crippen LogP contribution in [-0.2, 0) is 28.7 Å². The van der Waals surface area contributed by atoms with Crippen LogP contribution in [0.2, 0.25) is 0 Å². The highest BCUT2D eigenvalue weighted by molar-refractivity contribution is 9.10. The first-order valence-corrected chi connectivity index (χ1v) is 14.4. The molecular weight excluding hydrogens is 700 g/mol. The maximum absolute atomic E-state index is 13.1. The van der Waals surface area contributed by atoms with Gasteiger partial charge in [-0.1, -0.05) is 77.6 Å². The molecular formula is C32H30Br2N2O8. The van der Waals surface area contributed by atoms with Crippen molar-refractivity contribution in [3.05, 3.63) is 90.9 Å². The second-order valence-electron chi connectivity index (χ2n) is 9.03. The first kappa shape index (κ1) is 35.9. The molecule has 2 aromatic rings. The number of Topliss-reactive ketones (excluding diaryl/α,β-unsaturated/α-hetero) is 2. The zero-order valence-corrected chi connectivity index (χ0v) is 28.1. The molecule has 230 valence electrons. The number of methoxy groups -OCH3 is 2. The average Bonchev–Trinajstić information content (AvgIpc) is 3.02. The lowest BCUT2D eigenvalue weighted by atomic mass is 9.82. The molecule has 0 aliphatic heterocycles. The summed E-state index contributed by atoms with van der Waals surface area (Å²) in [6, 6.07) is 13.9. The minimum Gasteiger partial charge on any atom is -0.464 e. The third-order valence-electron chi connectivity index (χ3n) is 6.13. The van der Waals surface area contributed by atoms with E-state index in [2.05, 4.69) is 63.6 Å². The predicted octanol–water partition coefficient (Wildman–Crippen LogP) is 6.04. The van der Waals surface area contributed by atoms with Crippen LogP contribution in [0, 0.1) is 11.8 Å². The number of ketones is 2. The fourth-order valence-electron chi connectivity index (χ4n) is 3.81. The van der Waals surface area contributed by atoms with Crippen LogP contribution in [0.1, 0.15) is 47.4 Å². The van der Waals surface area contributed by atoms with E-state index < -0.39 is 17.7 Å². The summed E-state index contributed by atoms with van der Waals surface area (Å²) in [5, 5.41) is 7.21. The van der Waals surface area contributed by atoms with Crippen LogP contribution >= 0.6 is 31.9 Å². The molecule has 0 atom stereocenters. The lowest BCUT2D eigenvalue weighted by Gasteiger charge is -2.22. The lowest BCUT2D eigenvalue weighted by Crippen LogP contribution is -2.24. The van der Waals surface area contributed by atoms with Gasteiger partial charge in [0.25, 0.3) is 0 Å². The molecule has 0 unspecified atom stereocenters. The highest BCUT2D eigenvalue weighted by atomic mass is 79.9. The summed E-state index contributed by atoms with van der Waals surface area (Å²) in [6.45, 7) is 3.98. The molecule has 0 spiro atoms. The Hall–Kier alpha value is -4.34. The third-order valence-corrected chi connectivity index (χ3v) is 7.11. The van der Waals surface area contributed by atoms with Crippen LogP contribution in [0.3, 0.4) is 0 Å². The highest BCUT2D eigenvalue weighted by Crippen LogP contribution is 2.33. The van der Waals surface area contributed by atoms with E-state index in [9.17, 15) is 19.2 Å². The monoisotopic (exact) mass is 728 g/mol. The number of allylic oxidation sites excluding steroid dienone is 3. The van der Waals surface area contributed by atoms with E-state index in [0.29, 0.717) is 35.1 Å². The number of esters is 2. The highest BCUT2D eigenvalue weighted by Gasteiger charge is 2.29. The Kier molecular flexibility index (Phi) is 14.4. The summed E-state index contributed by atoms with van der Waals surface area (Å²) in [6.07, 6.45) is 0.921. The van der Waals surface area contributed by atoms with Gasteiger partial charge in [-0.3, -0.25) is 9.59 Å². The van der Waals surface area contributed by atoms with E-state index in [0.717, 1.165) is 20.1 Å². The predicted molar refractivity (Wildman–Crippen MR) is 172 cm³/mol. The molecule has 0 fully saturated rings. The quantitative estimate of drug-likeness (QED) is 0.0612. The number of carbonyl (C=O) groups excluding carboxylic acids is 4. The molecule has 3 rings (SSSR count). The smallest absolute Gasteiger partial charge is 0.368 e. The van der Waals surface area contributed by atoms with E-state index >= 15 is 0 Å². The summed E-state index contributed by atoms with van der Waals surface area (Å²) < 4.78 is 10.8. The summed E-state index contributed by atoms with van der Waals surface area (Å²) in [5.74, 6) is 2.68. The van der Waals surface area contributed by atoms with Crippen LogP contribution in [0.15, 0.2) is 90.1 Å². The van der Waals surface area contributed by atoms with Gasteiger partial charge in [0.2, 0.25) is 11.5 Å². The molecule has 0 amide bonds. The van der Waals surface area contributed by atoms with Gasteiger partial charge in [0.1, 0.15) is 14.2 Å². The Morgan fingerprint density at radius 1 is 0.705 bits per heavy atom. The van der Waals surface area contributed by atoms with Crippen molar-refractivity contribution in [3.8, 4) is 11.8 Å². The van der Waals surface area contributed by atoms with Crippen molar-refractivity contribution in [1.82, 2.24) is 0 Å². The summed E-state index contributed by atoms with van der Waals surface area (Å²) >= 11 is 6.64. The van der Waals surface area contributed by atoms with Gasteiger partial charge in [0, 0.05) is 31.2 Å². The van der Waals surface area contributed by atoms with Gasteiger partial charge in [0.15, 0.2) is 11.5 Å². The van der Waals surface area contributed by atoms with Crippen molar-refractivity contribution >= 4 is 66.8 Å². The van der Waals surface area contributed by atoms with Gasteiger partial charge in [-0.15, -0.1) is 0 Å². The summed E-state index contributed by atoms with van der Waals surface area (Å²) in [5.41, 5.74) is 4.05. The molecule has 0 radical (unpaired) electrons. The molecule has 0 saturated heterocycles. The first-order valence-electron chi connectivity index (χ1n) is 12.9. The fraction of sp³-hybridized carbons (Fsp3) is 0.250. The maximum atomic E-state index is 13.1. The van der Waals surface area contributed by atoms with Crippen LogP contribution in [-0.4, -0.2) is 63.4 Å². The van der Waals surface area contributed by atoms with Crippen LogP contribution < -0.4 is 0 Å². The Morgan fingerprint density at radius 3 is 1.75 bits per heavy atom. The number of oxime groups is 2. The zero-order valence-electron chi connectivity index (χ0n) is 24.9. The zero-order chi connectivity index (χ0) is 32.8. The van der Waals surface area contributed by atoms with Crippen LogP contribution in [0.25, 0.3) is 0 Å². The third kappa shape index (κ3) is 10.1. The molecule has 12 heteroatoms. The largest absolute Gasteiger partial charge is 0.464 e. The molecule has 1 aliphatic rings. The molecule has 0 N–H and O–H groups in total. The normalized spacial score (nSPS) is 13.1. The maximum Gasteiger partial charge on any atom is 0.368 e. The van der Waals surface area contributed by atoms with Gasteiger partial charge >= 0.3 is 11.9 Å². The van der Waals surface area contributed by atoms with E-state index in [1.165, 1.54) is 28.4 Å². The van der Waals surface area contributed by atoms with E-state index in [4.69, 9.17) is 9.57 Å². The van der Waals surface area contributed by atoms with Gasteiger partial charge in [0.05, 0.1) is 14.2 Å². The topological polar surface area (TPSA) is 130 Å². The standard InChI is InChI=1S/C19H20BrNO4.C13H10BrNO4/c1-11-8-15(17(21-25-4)19(23)24-3)16(9-12(11)2)18(22)13-6-5-7-14(20)10-13;1-18-13(17)11(15-19-2)6-7-12(16)9-4-3-5-10(14)8-9/h5-7,10H,8-9H2,1-4H3;3-5,8H,1-2H3/b21-17+;15-11+. The van der Waals surface area contributed by atoms with Gasteiger partial charge in [-0.25, -0.2) is 9.59 Å². The molecule has 0 bridgehead atoms. The summed E-state index contributed by atoms with van der Waals surface area (Å²) in [7, 11) is 5.09. The molecule has 0 aromatic heterocycles. The molecule has 10 nitrogen and oxygen atoms in total. The first-order chi connectivity index (χ1) is 21.0. The van der Waals surface area contributed by atoms with Crippen molar-refractivity contribution in [1.29, 1.82) is 0 Å². The van der Waals surface area contributed by atoms with Gasteiger partial charge in [-0.05, 0) is 62.8 Å². The van der Waals surface area contributed by atoms with Crippen molar-refractivity contribution in [3.63, 3.8) is 0 Å². The van der Waals surface area contributed by atoms with E-state index in [1.807, 2.05) is 19.9 Å². The lowest BCUT2D eigenvalue weighted by molar-refractivity contribution is -0.133. The minimum absolute atomic E-state index is 0.0372. The van der Waals surface area contributed by atoms with E-state index in [1.54, 1.807) is 42.5 Å². The van der Waals surface area contributed by atoms with Crippen molar-refractivity contribution in [2.75, 3.05) is 28.4 Å². The Balaban J connectivity index is 0.000000319. The number of hydrogen-bond donors (Lipinski definition) is 0. The number of hydrogen-bond acceptors (Lipinski definition) is 10. The number of carbonyl (C=O) groups is 4. The van der Waals surface area contributed by atoms with Crippen LogP contribution in [0.4, 0.5) is 0 Å². The Labute approximate surface area is 272 Å². The van der Waals surface area contributed by atoms with Gasteiger partial charge in [-0.2, -0.15) is 0 Å². The number of halogens is 2. The molecule has 44 heavy (non-hydrogen) atoms. The van der Waals surface area contributed by atoms with E-state index in [-0.39, 0.29) is 17.2 Å². The minimum atomic E-state index is -0.767. The average molecular weight is 730 g/mol. The second kappa shape index (κ2) is 17.7.